The molecular formula is C35H21N3S. The van der Waals surface area contributed by atoms with Gasteiger partial charge in [0, 0.05) is 36.6 Å². The highest BCUT2D eigenvalue weighted by molar-refractivity contribution is 7.25. The molecule has 3 nitrogen and oxygen atoms in total. The molecule has 0 amide bonds. The molecule has 9 rings (SSSR count). The van der Waals surface area contributed by atoms with Crippen LogP contribution in [0.15, 0.2) is 128 Å². The van der Waals surface area contributed by atoms with Crippen LogP contribution in [-0.2, 0) is 0 Å². The van der Waals surface area contributed by atoms with E-state index in [1.807, 2.05) is 23.7 Å². The summed E-state index contributed by atoms with van der Waals surface area (Å²) in [5, 5.41) is 7.65. The molecule has 0 atom stereocenters. The predicted molar refractivity (Wildman–Crippen MR) is 166 cm³/mol. The molecule has 3 aromatic heterocycles. The highest BCUT2D eigenvalue weighted by Crippen LogP contribution is 2.42. The first-order valence-corrected chi connectivity index (χ1v) is 14.0. The van der Waals surface area contributed by atoms with Gasteiger partial charge in [-0.15, -0.1) is 11.3 Å². The molecule has 0 saturated carbocycles. The molecule has 0 bridgehead atoms. The summed E-state index contributed by atoms with van der Waals surface area (Å²) in [5.74, 6) is 0. The Morgan fingerprint density at radius 1 is 0.513 bits per heavy atom. The molecule has 39 heavy (non-hydrogen) atoms. The Morgan fingerprint density at radius 3 is 2.15 bits per heavy atom. The normalized spacial score (nSPS) is 12.1. The van der Waals surface area contributed by atoms with Crippen LogP contribution < -0.4 is 0 Å². The summed E-state index contributed by atoms with van der Waals surface area (Å²) in [7, 11) is 0. The summed E-state index contributed by atoms with van der Waals surface area (Å²) in [4.78, 5) is 4.97. The number of thiophene rings is 1. The fourth-order valence-electron chi connectivity index (χ4n) is 6.18. The quantitative estimate of drug-likeness (QED) is 0.225. The zero-order valence-corrected chi connectivity index (χ0v) is 21.7. The van der Waals surface area contributed by atoms with Crippen LogP contribution in [0.5, 0.6) is 0 Å². The Hall–Kier alpha value is -4.93. The highest BCUT2D eigenvalue weighted by atomic mass is 32.1. The Bertz CT molecular complexity index is 2390. The van der Waals surface area contributed by atoms with Gasteiger partial charge in [-0.1, -0.05) is 66.7 Å². The van der Waals surface area contributed by atoms with Gasteiger partial charge in [0.25, 0.3) is 0 Å². The summed E-state index contributed by atoms with van der Waals surface area (Å²) in [6, 6.07) is 43.8. The van der Waals surface area contributed by atoms with Crippen molar-refractivity contribution in [2.45, 2.75) is 0 Å². The van der Waals surface area contributed by atoms with E-state index in [9.17, 15) is 0 Å². The number of benzene rings is 6. The van der Waals surface area contributed by atoms with Crippen molar-refractivity contribution in [1.29, 1.82) is 0 Å². The fourth-order valence-corrected chi connectivity index (χ4v) is 7.30. The van der Waals surface area contributed by atoms with Gasteiger partial charge in [0.1, 0.15) is 11.8 Å². The number of aromatic nitrogens is 3. The van der Waals surface area contributed by atoms with Crippen LogP contribution in [0.2, 0.25) is 0 Å². The second-order valence-electron chi connectivity index (χ2n) is 10.1. The van der Waals surface area contributed by atoms with E-state index in [1.165, 1.54) is 52.8 Å². The van der Waals surface area contributed by atoms with Gasteiger partial charge in [0.15, 0.2) is 0 Å². The van der Waals surface area contributed by atoms with E-state index in [0.717, 1.165) is 22.4 Å². The van der Waals surface area contributed by atoms with Gasteiger partial charge in [-0.2, -0.15) is 0 Å². The van der Waals surface area contributed by atoms with Crippen LogP contribution in [0.1, 0.15) is 0 Å². The third-order valence-electron chi connectivity index (χ3n) is 7.96. The first-order valence-electron chi connectivity index (χ1n) is 13.1. The van der Waals surface area contributed by atoms with Crippen LogP contribution in [0.4, 0.5) is 0 Å². The van der Waals surface area contributed by atoms with Gasteiger partial charge in [-0.3, -0.25) is 4.57 Å². The largest absolute Gasteiger partial charge is 0.307 e. The third-order valence-corrected chi connectivity index (χ3v) is 9.10. The number of nitrogens with zero attached hydrogens (tertiary/aromatic N) is 3. The van der Waals surface area contributed by atoms with Crippen LogP contribution in [0.3, 0.4) is 0 Å². The number of fused-ring (bicyclic) bond motifs is 8. The first kappa shape index (κ1) is 21.1. The first-order chi connectivity index (χ1) is 19.3. The number of hydrogen-bond acceptors (Lipinski definition) is 2. The Labute approximate surface area is 227 Å². The molecule has 4 heteroatoms. The van der Waals surface area contributed by atoms with E-state index < -0.39 is 0 Å². The SMILES string of the molecule is c1ccc(-n2cnc3c(-n4c5cc6ccccc6cc5c5cc6sc7ccccc7c6cc54)cccc32)cc1. The van der Waals surface area contributed by atoms with Crippen LogP contribution >= 0.6 is 11.3 Å². The van der Waals surface area contributed by atoms with Gasteiger partial charge >= 0.3 is 0 Å². The lowest BCUT2D eigenvalue weighted by Crippen LogP contribution is -1.96. The van der Waals surface area contributed by atoms with Crippen molar-refractivity contribution in [3.05, 3.63) is 128 Å². The molecule has 6 aromatic carbocycles. The number of rotatable bonds is 2. The summed E-state index contributed by atoms with van der Waals surface area (Å²) in [5.41, 5.74) is 6.69. The van der Waals surface area contributed by atoms with E-state index in [0.29, 0.717) is 0 Å². The fraction of sp³-hybridized carbons (Fsp3) is 0. The number of para-hydroxylation sites is 2. The zero-order valence-electron chi connectivity index (χ0n) is 20.9. The van der Waals surface area contributed by atoms with E-state index in [-0.39, 0.29) is 0 Å². The van der Waals surface area contributed by atoms with Gasteiger partial charge in [-0.05, 0) is 65.4 Å². The molecular weight excluding hydrogens is 494 g/mol. The summed E-state index contributed by atoms with van der Waals surface area (Å²) >= 11 is 1.87. The van der Waals surface area contributed by atoms with Crippen molar-refractivity contribution < 1.29 is 0 Å². The molecule has 0 N–H and O–H groups in total. The average Bonchev–Trinajstić information content (AvgIpc) is 3.67. The van der Waals surface area contributed by atoms with Crippen LogP contribution in [0, 0.1) is 0 Å². The van der Waals surface area contributed by atoms with Gasteiger partial charge in [-0.25, -0.2) is 4.98 Å². The lowest BCUT2D eigenvalue weighted by atomic mass is 10.1. The maximum atomic E-state index is 4.97. The highest BCUT2D eigenvalue weighted by Gasteiger charge is 2.19. The maximum Gasteiger partial charge on any atom is 0.113 e. The van der Waals surface area contributed by atoms with Crippen LogP contribution in [0.25, 0.3) is 75.2 Å². The molecule has 0 fully saturated rings. The monoisotopic (exact) mass is 515 g/mol. The lowest BCUT2D eigenvalue weighted by Gasteiger charge is -2.10. The second-order valence-corrected chi connectivity index (χ2v) is 11.2. The zero-order chi connectivity index (χ0) is 25.5. The minimum atomic E-state index is 0.989. The molecule has 0 spiro atoms. The van der Waals surface area contributed by atoms with Gasteiger partial charge in [0.2, 0.25) is 0 Å². The van der Waals surface area contributed by atoms with Crippen molar-refractivity contribution in [3.8, 4) is 11.4 Å². The standard InChI is InChI=1S/C35H21N3S/c1-2-11-24(12-3-1)37-21-36-35-29(37)14-8-15-30(35)38-31-18-23-10-5-4-9-22(23)17-26(31)27-20-34-28(19-32(27)38)25-13-6-7-16-33(25)39-34/h1-21H. The summed E-state index contributed by atoms with van der Waals surface area (Å²) in [6.07, 6.45) is 1.94. The second kappa shape index (κ2) is 7.79. The van der Waals surface area contributed by atoms with Gasteiger partial charge in [0.05, 0.1) is 22.2 Å². The van der Waals surface area contributed by atoms with Crippen molar-refractivity contribution >= 4 is 75.1 Å². The van der Waals surface area contributed by atoms with Crippen LogP contribution in [-0.4, -0.2) is 14.1 Å². The van der Waals surface area contributed by atoms with E-state index >= 15 is 0 Å². The maximum absolute atomic E-state index is 4.97. The number of hydrogen-bond donors (Lipinski definition) is 0. The van der Waals surface area contributed by atoms with Crippen molar-refractivity contribution in [1.82, 2.24) is 14.1 Å². The molecule has 182 valence electrons. The lowest BCUT2D eigenvalue weighted by molar-refractivity contribution is 1.09. The minimum absolute atomic E-state index is 0.989. The van der Waals surface area contributed by atoms with E-state index in [2.05, 4.69) is 124 Å². The Kier molecular flexibility index (Phi) is 4.21. The number of imidazole rings is 1. The van der Waals surface area contributed by atoms with Crippen molar-refractivity contribution in [3.63, 3.8) is 0 Å². The molecule has 0 aliphatic rings. The summed E-state index contributed by atoms with van der Waals surface area (Å²) in [6.45, 7) is 0. The molecule has 0 saturated heterocycles. The Morgan fingerprint density at radius 2 is 1.26 bits per heavy atom. The topological polar surface area (TPSA) is 22.8 Å². The average molecular weight is 516 g/mol. The molecule has 9 aromatic rings. The van der Waals surface area contributed by atoms with E-state index in [4.69, 9.17) is 4.98 Å². The smallest absolute Gasteiger partial charge is 0.113 e. The Balaban J connectivity index is 1.45. The summed E-state index contributed by atoms with van der Waals surface area (Å²) < 4.78 is 7.24. The van der Waals surface area contributed by atoms with Crippen molar-refractivity contribution in [2.24, 2.45) is 0 Å². The molecule has 0 unspecified atom stereocenters. The van der Waals surface area contributed by atoms with E-state index in [1.54, 1.807) is 0 Å². The third kappa shape index (κ3) is 2.95. The molecule has 0 radical (unpaired) electrons. The minimum Gasteiger partial charge on any atom is -0.307 e. The van der Waals surface area contributed by atoms with Crippen molar-refractivity contribution in [2.75, 3.05) is 0 Å². The molecule has 3 heterocycles. The predicted octanol–water partition coefficient (Wildman–Crippen LogP) is 9.64. The molecule has 0 aliphatic heterocycles. The molecule has 0 aliphatic carbocycles. The van der Waals surface area contributed by atoms with Gasteiger partial charge < -0.3 is 4.57 Å².